The zero-order valence-corrected chi connectivity index (χ0v) is 15.5. The molecule has 144 valence electrons. The van der Waals surface area contributed by atoms with Gasteiger partial charge in [0.25, 0.3) is 17.0 Å². The van der Waals surface area contributed by atoms with E-state index >= 15 is 0 Å². The maximum absolute atomic E-state index is 12.6. The number of aromatic nitrogens is 3. The highest BCUT2D eigenvalue weighted by Crippen LogP contribution is 2.02. The minimum atomic E-state index is -0.536. The van der Waals surface area contributed by atoms with Gasteiger partial charge in [-0.05, 0) is 29.8 Å². The topological polar surface area (TPSA) is 89.2 Å². The van der Waals surface area contributed by atoms with Crippen molar-refractivity contribution >= 4 is 16.7 Å². The third-order valence-corrected chi connectivity index (χ3v) is 4.53. The first kappa shape index (κ1) is 18.4. The number of aromatic amines is 1. The number of nitrogens with one attached hydrogen (secondary N) is 1. The third-order valence-electron chi connectivity index (χ3n) is 4.53. The van der Waals surface area contributed by atoms with Crippen molar-refractivity contribution in [2.45, 2.75) is 13.1 Å². The van der Waals surface area contributed by atoms with Gasteiger partial charge in [-0.3, -0.25) is 19.5 Å². The molecule has 0 saturated carbocycles. The van der Waals surface area contributed by atoms with Gasteiger partial charge in [0.15, 0.2) is 0 Å². The van der Waals surface area contributed by atoms with Crippen LogP contribution in [-0.2, 0) is 17.9 Å². The quantitative estimate of drug-likeness (QED) is 0.579. The fourth-order valence-corrected chi connectivity index (χ4v) is 3.14. The molecule has 1 N–H and O–H groups in total. The molecular formula is C22H18N4O3. The fraction of sp³-hybridized carbons (Fsp3) is 0.0909. The standard InChI is InChI=1S/C22H18N4O3/c27-20(15-26-22(29)18-11-5-4-10-17(18)21(28)24-26)23-19-12-6-7-13-25(19)14-16-8-2-1-3-9-16/h1-13H,14-15H2,(H,24,28). The molecule has 0 aliphatic heterocycles. The Balaban J connectivity index is 1.66. The van der Waals surface area contributed by atoms with Gasteiger partial charge < -0.3 is 4.57 Å². The molecule has 1 amide bonds. The zero-order chi connectivity index (χ0) is 20.2. The molecule has 0 radical (unpaired) electrons. The van der Waals surface area contributed by atoms with E-state index in [1.54, 1.807) is 36.4 Å². The van der Waals surface area contributed by atoms with Crippen LogP contribution in [0.5, 0.6) is 0 Å². The largest absolute Gasteiger partial charge is 0.328 e. The van der Waals surface area contributed by atoms with Gasteiger partial charge in [0, 0.05) is 12.7 Å². The van der Waals surface area contributed by atoms with Crippen LogP contribution in [0.4, 0.5) is 0 Å². The van der Waals surface area contributed by atoms with E-state index in [0.29, 0.717) is 17.4 Å². The van der Waals surface area contributed by atoms with Crippen molar-refractivity contribution in [3.8, 4) is 0 Å². The molecule has 2 aromatic carbocycles. The van der Waals surface area contributed by atoms with Crippen molar-refractivity contribution in [1.82, 2.24) is 14.3 Å². The van der Waals surface area contributed by atoms with Gasteiger partial charge in [0.1, 0.15) is 12.0 Å². The number of hydrogen-bond donors (Lipinski definition) is 1. The van der Waals surface area contributed by atoms with Crippen LogP contribution >= 0.6 is 0 Å². The maximum Gasteiger partial charge on any atom is 0.273 e. The summed E-state index contributed by atoms with van der Waals surface area (Å²) in [5.41, 5.74) is 0.682. The molecule has 4 rings (SSSR count). The van der Waals surface area contributed by atoms with E-state index in [4.69, 9.17) is 0 Å². The second-order valence-corrected chi connectivity index (χ2v) is 6.56. The smallest absolute Gasteiger partial charge is 0.273 e. The molecule has 0 saturated heterocycles. The van der Waals surface area contributed by atoms with E-state index in [9.17, 15) is 14.4 Å². The van der Waals surface area contributed by atoms with Crippen LogP contribution < -0.4 is 16.6 Å². The number of pyridine rings is 1. The van der Waals surface area contributed by atoms with E-state index < -0.39 is 17.0 Å². The number of H-pyrrole nitrogens is 1. The van der Waals surface area contributed by atoms with E-state index in [0.717, 1.165) is 10.2 Å². The van der Waals surface area contributed by atoms with Gasteiger partial charge in [0.2, 0.25) is 0 Å². The molecule has 7 nitrogen and oxygen atoms in total. The summed E-state index contributed by atoms with van der Waals surface area (Å²) in [4.78, 5) is 41.4. The Hall–Kier alpha value is -4.00. The first-order valence-electron chi connectivity index (χ1n) is 9.10. The van der Waals surface area contributed by atoms with Crippen molar-refractivity contribution in [3.63, 3.8) is 0 Å². The van der Waals surface area contributed by atoms with Gasteiger partial charge in [-0.1, -0.05) is 48.5 Å². The number of hydrogen-bond acceptors (Lipinski definition) is 3. The van der Waals surface area contributed by atoms with Crippen molar-refractivity contribution < 1.29 is 4.79 Å². The molecule has 0 aliphatic carbocycles. The number of amides is 1. The number of fused-ring (bicyclic) bond motifs is 1. The summed E-state index contributed by atoms with van der Waals surface area (Å²) in [6.07, 6.45) is 1.84. The lowest BCUT2D eigenvalue weighted by molar-refractivity contribution is -0.118. The summed E-state index contributed by atoms with van der Waals surface area (Å²) in [5, 5.41) is 3.01. The zero-order valence-electron chi connectivity index (χ0n) is 15.5. The Kier molecular flexibility index (Phi) is 5.03. The van der Waals surface area contributed by atoms with Crippen LogP contribution in [0, 0.1) is 0 Å². The molecule has 4 aromatic rings. The summed E-state index contributed by atoms with van der Waals surface area (Å²) < 4.78 is 2.85. The molecule has 0 fully saturated rings. The molecule has 0 atom stereocenters. The monoisotopic (exact) mass is 386 g/mol. The molecule has 0 unspecified atom stereocenters. The van der Waals surface area contributed by atoms with Gasteiger partial charge in [0.05, 0.1) is 10.8 Å². The molecule has 29 heavy (non-hydrogen) atoms. The maximum atomic E-state index is 12.6. The van der Waals surface area contributed by atoms with Crippen LogP contribution in [0.3, 0.4) is 0 Å². The summed E-state index contributed by atoms with van der Waals surface area (Å²) in [6, 6.07) is 21.7. The predicted molar refractivity (Wildman–Crippen MR) is 109 cm³/mol. The summed E-state index contributed by atoms with van der Waals surface area (Å²) in [5.74, 6) is -0.536. The Morgan fingerprint density at radius 2 is 1.55 bits per heavy atom. The van der Waals surface area contributed by atoms with Gasteiger partial charge in [-0.15, -0.1) is 0 Å². The second kappa shape index (κ2) is 7.93. The molecule has 7 heteroatoms. The predicted octanol–water partition coefficient (Wildman–Crippen LogP) is 1.67. The molecule has 2 heterocycles. The molecule has 2 aromatic heterocycles. The molecule has 0 bridgehead atoms. The first-order chi connectivity index (χ1) is 14.1. The number of carbonyl (C=O) groups excluding carboxylic acids is 1. The van der Waals surface area contributed by atoms with Gasteiger partial charge in [-0.25, -0.2) is 4.68 Å². The van der Waals surface area contributed by atoms with Crippen molar-refractivity contribution in [3.05, 3.63) is 111 Å². The Bertz CT molecular complexity index is 1360. The SMILES string of the molecule is O=C(Cn1[nH]c(=O)c2ccccc2c1=O)N=c1ccccn1Cc1ccccc1. The number of carbonyl (C=O) groups is 1. The highest BCUT2D eigenvalue weighted by atomic mass is 16.2. The van der Waals surface area contributed by atoms with Crippen LogP contribution in [0.25, 0.3) is 10.8 Å². The molecule has 0 aliphatic rings. The van der Waals surface area contributed by atoms with E-state index in [-0.39, 0.29) is 11.9 Å². The first-order valence-corrected chi connectivity index (χ1v) is 9.10. The van der Waals surface area contributed by atoms with Gasteiger partial charge >= 0.3 is 0 Å². The van der Waals surface area contributed by atoms with Gasteiger partial charge in [-0.2, -0.15) is 4.99 Å². The minimum Gasteiger partial charge on any atom is -0.328 e. The van der Waals surface area contributed by atoms with Crippen molar-refractivity contribution in [1.29, 1.82) is 0 Å². The highest BCUT2D eigenvalue weighted by molar-refractivity contribution is 5.81. The number of benzene rings is 2. The van der Waals surface area contributed by atoms with Crippen LogP contribution in [0.15, 0.2) is 93.6 Å². The van der Waals surface area contributed by atoms with Crippen LogP contribution in [0.2, 0.25) is 0 Å². The Labute approximate surface area is 165 Å². The normalized spacial score (nSPS) is 11.7. The average Bonchev–Trinajstić information content (AvgIpc) is 2.74. The van der Waals surface area contributed by atoms with Crippen molar-refractivity contribution in [2.24, 2.45) is 4.99 Å². The lowest BCUT2D eigenvalue weighted by Crippen LogP contribution is -2.32. The average molecular weight is 386 g/mol. The molecule has 0 spiro atoms. The Morgan fingerprint density at radius 3 is 2.34 bits per heavy atom. The highest BCUT2D eigenvalue weighted by Gasteiger charge is 2.09. The summed E-state index contributed by atoms with van der Waals surface area (Å²) in [7, 11) is 0. The van der Waals surface area contributed by atoms with Crippen molar-refractivity contribution in [2.75, 3.05) is 0 Å². The minimum absolute atomic E-state index is 0.267. The summed E-state index contributed by atoms with van der Waals surface area (Å²) >= 11 is 0. The summed E-state index contributed by atoms with van der Waals surface area (Å²) in [6.45, 7) is 0.208. The lowest BCUT2D eigenvalue weighted by atomic mass is 10.2. The van der Waals surface area contributed by atoms with Crippen LogP contribution in [0.1, 0.15) is 5.56 Å². The number of rotatable bonds is 4. The Morgan fingerprint density at radius 1 is 0.862 bits per heavy atom. The fourth-order valence-electron chi connectivity index (χ4n) is 3.14. The van der Waals surface area contributed by atoms with Crippen LogP contribution in [-0.4, -0.2) is 20.3 Å². The van der Waals surface area contributed by atoms with E-state index in [2.05, 4.69) is 10.1 Å². The third kappa shape index (κ3) is 3.98. The second-order valence-electron chi connectivity index (χ2n) is 6.56. The number of nitrogens with zero attached hydrogens (tertiary/aromatic N) is 3. The van der Waals surface area contributed by atoms with E-state index in [1.807, 2.05) is 47.2 Å². The molecular weight excluding hydrogens is 368 g/mol. The lowest BCUT2D eigenvalue weighted by Gasteiger charge is -2.08. The van der Waals surface area contributed by atoms with E-state index in [1.165, 1.54) is 0 Å².